The van der Waals surface area contributed by atoms with E-state index < -0.39 is 6.03 Å². The summed E-state index contributed by atoms with van der Waals surface area (Å²) in [6.07, 6.45) is 0. The van der Waals surface area contributed by atoms with Crippen LogP contribution in [0.5, 0.6) is 5.75 Å². The lowest BCUT2D eigenvalue weighted by atomic mass is 10.0. The van der Waals surface area contributed by atoms with Crippen LogP contribution in [-0.4, -0.2) is 28.2 Å². The maximum Gasteiger partial charge on any atom is 0.344 e. The molecule has 8 heteroatoms. The molecule has 0 aliphatic heterocycles. The minimum absolute atomic E-state index is 0.171. The van der Waals surface area contributed by atoms with Gasteiger partial charge in [0.25, 0.3) is 0 Å². The number of nitrogens with zero attached hydrogens (tertiary/aromatic N) is 3. The molecule has 136 valence electrons. The number of methoxy groups -OCH3 is 1. The van der Waals surface area contributed by atoms with E-state index in [1.807, 2.05) is 39.8 Å². The van der Waals surface area contributed by atoms with Gasteiger partial charge in [-0.25, -0.2) is 18.1 Å². The molecule has 1 aromatic carbocycles. The van der Waals surface area contributed by atoms with Gasteiger partial charge in [-0.3, -0.25) is 0 Å². The molecule has 25 heavy (non-hydrogen) atoms. The second-order valence-electron chi connectivity index (χ2n) is 5.71. The summed E-state index contributed by atoms with van der Waals surface area (Å²) in [5.41, 5.74) is 1.46. The van der Waals surface area contributed by atoms with Gasteiger partial charge in [-0.2, -0.15) is 4.99 Å². The zero-order valence-corrected chi connectivity index (χ0v) is 16.0. The van der Waals surface area contributed by atoms with Gasteiger partial charge in [-0.15, -0.1) is 0 Å². The molecule has 2 amide bonds. The SMILES string of the molecule is CCNC(=O)N=c1sn(CC)c(=O)n1-c1ccc(OC)cc1C(C)C. The maximum atomic E-state index is 12.8. The number of hydrogen-bond acceptors (Lipinski definition) is 4. The van der Waals surface area contributed by atoms with E-state index in [0.717, 1.165) is 11.3 Å². The van der Waals surface area contributed by atoms with Crippen LogP contribution in [0.1, 0.15) is 39.2 Å². The lowest BCUT2D eigenvalue weighted by Crippen LogP contribution is -2.30. The highest BCUT2D eigenvalue weighted by Gasteiger charge is 2.16. The number of aryl methyl sites for hydroxylation is 1. The quantitative estimate of drug-likeness (QED) is 0.885. The third kappa shape index (κ3) is 4.01. The number of nitrogens with one attached hydrogen (secondary N) is 1. The first-order chi connectivity index (χ1) is 11.9. The average molecular weight is 364 g/mol. The molecule has 0 aliphatic carbocycles. The number of ether oxygens (including phenoxy) is 1. The fraction of sp³-hybridized carbons (Fsp3) is 0.471. The molecule has 2 aromatic rings. The van der Waals surface area contributed by atoms with Crippen LogP contribution in [0.3, 0.4) is 0 Å². The Bertz CT molecular complexity index is 877. The van der Waals surface area contributed by atoms with E-state index in [-0.39, 0.29) is 11.6 Å². The van der Waals surface area contributed by atoms with Crippen LogP contribution < -0.4 is 20.5 Å². The van der Waals surface area contributed by atoms with E-state index in [0.29, 0.717) is 23.6 Å². The topological polar surface area (TPSA) is 77.6 Å². The van der Waals surface area contributed by atoms with Gasteiger partial charge >= 0.3 is 11.7 Å². The predicted octanol–water partition coefficient (Wildman–Crippen LogP) is 2.48. The van der Waals surface area contributed by atoms with Crippen molar-refractivity contribution < 1.29 is 9.53 Å². The number of amides is 2. The van der Waals surface area contributed by atoms with Crippen molar-refractivity contribution in [2.45, 2.75) is 40.2 Å². The number of aromatic nitrogens is 2. The molecule has 0 fully saturated rings. The van der Waals surface area contributed by atoms with E-state index in [2.05, 4.69) is 10.3 Å². The molecule has 0 unspecified atom stereocenters. The van der Waals surface area contributed by atoms with Crippen LogP contribution in [-0.2, 0) is 6.54 Å². The van der Waals surface area contributed by atoms with Crippen molar-refractivity contribution in [1.82, 2.24) is 13.8 Å². The second-order valence-corrected chi connectivity index (χ2v) is 6.70. The Kier molecular flexibility index (Phi) is 6.19. The molecule has 2 rings (SSSR count). The normalized spacial score (nSPS) is 11.8. The zero-order chi connectivity index (χ0) is 18.6. The molecule has 1 heterocycles. The zero-order valence-electron chi connectivity index (χ0n) is 15.2. The smallest absolute Gasteiger partial charge is 0.344 e. The van der Waals surface area contributed by atoms with Crippen molar-refractivity contribution in [1.29, 1.82) is 0 Å². The van der Waals surface area contributed by atoms with E-state index in [4.69, 9.17) is 4.74 Å². The number of carbonyl (C=O) groups excluding carboxylic acids is 1. The molecule has 0 saturated carbocycles. The minimum atomic E-state index is -0.458. The molecule has 1 N–H and O–H groups in total. The molecule has 0 aliphatic rings. The Labute approximate surface area is 150 Å². The molecule has 0 spiro atoms. The van der Waals surface area contributed by atoms with Crippen LogP contribution in [0.2, 0.25) is 0 Å². The Balaban J connectivity index is 2.77. The third-order valence-electron chi connectivity index (χ3n) is 3.70. The molecule has 0 saturated heterocycles. The van der Waals surface area contributed by atoms with Crippen molar-refractivity contribution in [3.05, 3.63) is 39.0 Å². The van der Waals surface area contributed by atoms with Crippen LogP contribution in [0.15, 0.2) is 28.0 Å². The first-order valence-electron chi connectivity index (χ1n) is 8.26. The van der Waals surface area contributed by atoms with E-state index in [1.165, 1.54) is 16.1 Å². The number of benzene rings is 1. The van der Waals surface area contributed by atoms with Crippen molar-refractivity contribution >= 4 is 17.6 Å². The van der Waals surface area contributed by atoms with Crippen LogP contribution in [0, 0.1) is 0 Å². The molecule has 0 radical (unpaired) electrons. The summed E-state index contributed by atoms with van der Waals surface area (Å²) in [5.74, 6) is 0.894. The molecular weight excluding hydrogens is 340 g/mol. The lowest BCUT2D eigenvalue weighted by molar-refractivity contribution is 0.249. The van der Waals surface area contributed by atoms with Gasteiger partial charge in [0.2, 0.25) is 4.80 Å². The van der Waals surface area contributed by atoms with Crippen LogP contribution in [0.25, 0.3) is 5.69 Å². The van der Waals surface area contributed by atoms with E-state index in [1.54, 1.807) is 17.1 Å². The van der Waals surface area contributed by atoms with Crippen LogP contribution in [0.4, 0.5) is 4.79 Å². The standard InChI is InChI=1S/C17H24N4O3S/c1-6-18-15(22)19-16-21(17(23)20(7-2)25-16)14-9-8-12(24-5)10-13(14)11(3)4/h8-11H,6-7H2,1-5H3,(H,18,22). The summed E-state index contributed by atoms with van der Waals surface area (Å²) >= 11 is 1.17. The molecule has 0 bridgehead atoms. The largest absolute Gasteiger partial charge is 0.497 e. The number of urea groups is 1. The first kappa shape index (κ1) is 19.0. The average Bonchev–Trinajstić information content (AvgIpc) is 2.89. The minimum Gasteiger partial charge on any atom is -0.497 e. The summed E-state index contributed by atoms with van der Waals surface area (Å²) in [6.45, 7) is 8.79. The number of carbonyl (C=O) groups is 1. The van der Waals surface area contributed by atoms with Crippen molar-refractivity contribution in [3.63, 3.8) is 0 Å². The monoisotopic (exact) mass is 364 g/mol. The predicted molar refractivity (Wildman–Crippen MR) is 98.9 cm³/mol. The lowest BCUT2D eigenvalue weighted by Gasteiger charge is -2.14. The summed E-state index contributed by atoms with van der Waals surface area (Å²) in [7, 11) is 1.61. The first-order valence-corrected chi connectivity index (χ1v) is 9.04. The van der Waals surface area contributed by atoms with Crippen molar-refractivity contribution in [2.24, 2.45) is 4.99 Å². The Morgan fingerprint density at radius 2 is 2.08 bits per heavy atom. The van der Waals surface area contributed by atoms with Gasteiger partial charge in [-0.1, -0.05) is 13.8 Å². The summed E-state index contributed by atoms with van der Waals surface area (Å²) in [4.78, 5) is 29.1. The van der Waals surface area contributed by atoms with E-state index >= 15 is 0 Å². The summed E-state index contributed by atoms with van der Waals surface area (Å²) < 4.78 is 8.38. The molecule has 1 aromatic heterocycles. The van der Waals surface area contributed by atoms with Gasteiger partial charge in [0.05, 0.1) is 12.8 Å². The van der Waals surface area contributed by atoms with Gasteiger partial charge in [0, 0.05) is 13.1 Å². The molecular formula is C17H24N4O3S. The highest BCUT2D eigenvalue weighted by atomic mass is 32.1. The Morgan fingerprint density at radius 1 is 1.36 bits per heavy atom. The van der Waals surface area contributed by atoms with Gasteiger partial charge < -0.3 is 10.1 Å². The van der Waals surface area contributed by atoms with Gasteiger partial charge in [0.15, 0.2) is 0 Å². The molecule has 0 atom stereocenters. The van der Waals surface area contributed by atoms with Crippen molar-refractivity contribution in [2.75, 3.05) is 13.7 Å². The highest BCUT2D eigenvalue weighted by molar-refractivity contribution is 7.03. The summed E-state index contributed by atoms with van der Waals surface area (Å²) in [6, 6.07) is 5.09. The Hall–Kier alpha value is -2.35. The third-order valence-corrected chi connectivity index (χ3v) is 4.77. The van der Waals surface area contributed by atoms with E-state index in [9.17, 15) is 9.59 Å². The number of rotatable bonds is 5. The molecule has 7 nitrogen and oxygen atoms in total. The van der Waals surface area contributed by atoms with Gasteiger partial charge in [0.1, 0.15) is 5.75 Å². The number of hydrogen-bond donors (Lipinski definition) is 1. The van der Waals surface area contributed by atoms with Gasteiger partial charge in [-0.05, 0) is 55.1 Å². The summed E-state index contributed by atoms with van der Waals surface area (Å²) in [5, 5.41) is 2.63. The fourth-order valence-corrected chi connectivity index (χ4v) is 3.32. The fourth-order valence-electron chi connectivity index (χ4n) is 2.45. The van der Waals surface area contributed by atoms with Crippen LogP contribution >= 0.6 is 11.5 Å². The van der Waals surface area contributed by atoms with Crippen molar-refractivity contribution in [3.8, 4) is 11.4 Å². The second kappa shape index (κ2) is 8.15. The Morgan fingerprint density at radius 3 is 2.64 bits per heavy atom. The maximum absolute atomic E-state index is 12.8. The highest BCUT2D eigenvalue weighted by Crippen LogP contribution is 2.26.